The van der Waals surface area contributed by atoms with Crippen LogP contribution in [0.3, 0.4) is 0 Å². The third-order valence-electron chi connectivity index (χ3n) is 3.47. The van der Waals surface area contributed by atoms with Crippen molar-refractivity contribution in [2.24, 2.45) is 7.05 Å². The van der Waals surface area contributed by atoms with Crippen LogP contribution in [0.25, 0.3) is 11.4 Å². The Morgan fingerprint density at radius 3 is 2.62 bits per heavy atom. The van der Waals surface area contributed by atoms with E-state index in [9.17, 15) is 4.79 Å². The van der Waals surface area contributed by atoms with Crippen LogP contribution in [0.5, 0.6) is 0 Å². The zero-order valence-corrected chi connectivity index (χ0v) is 18.0. The Morgan fingerprint density at radius 1 is 1.19 bits per heavy atom. The van der Waals surface area contributed by atoms with Gasteiger partial charge in [0.1, 0.15) is 0 Å². The monoisotopic (exact) mass is 518 g/mol. The highest BCUT2D eigenvalue weighted by atomic mass is 127. The summed E-state index contributed by atoms with van der Waals surface area (Å²) in [5.74, 6) is 0.740. The van der Waals surface area contributed by atoms with E-state index in [1.165, 1.54) is 11.8 Å². The van der Waals surface area contributed by atoms with Crippen LogP contribution in [0.15, 0.2) is 47.6 Å². The van der Waals surface area contributed by atoms with Gasteiger partial charge < -0.3 is 9.88 Å². The Balaban J connectivity index is 1.66. The first-order valence-corrected chi connectivity index (χ1v) is 10.3. The summed E-state index contributed by atoms with van der Waals surface area (Å²) in [5.41, 5.74) is 1.50. The molecule has 0 aliphatic carbocycles. The first-order valence-electron chi connectivity index (χ1n) is 7.47. The summed E-state index contributed by atoms with van der Waals surface area (Å²) in [6, 6.07) is 12.8. The lowest BCUT2D eigenvalue weighted by molar-refractivity contribution is -0.113. The lowest BCUT2D eigenvalue weighted by Gasteiger charge is -2.07. The van der Waals surface area contributed by atoms with Gasteiger partial charge in [-0.25, -0.2) is 0 Å². The second-order valence-electron chi connectivity index (χ2n) is 5.33. The molecule has 2 aromatic carbocycles. The number of carbonyl (C=O) groups excluding carboxylic acids is 1. The molecule has 134 valence electrons. The maximum absolute atomic E-state index is 12.1. The van der Waals surface area contributed by atoms with Gasteiger partial charge in [-0.3, -0.25) is 4.79 Å². The molecule has 3 aromatic rings. The van der Waals surface area contributed by atoms with Crippen LogP contribution in [-0.4, -0.2) is 26.4 Å². The van der Waals surface area contributed by atoms with Crippen molar-refractivity contribution >= 4 is 69.1 Å². The number of hydrogen-bond acceptors (Lipinski definition) is 4. The number of benzene rings is 2. The number of hydrogen-bond donors (Lipinski definition) is 1. The molecule has 0 bridgehead atoms. The second-order valence-corrected chi connectivity index (χ2v) is 8.36. The van der Waals surface area contributed by atoms with E-state index in [-0.39, 0.29) is 11.7 Å². The van der Waals surface area contributed by atoms with E-state index in [1.54, 1.807) is 22.8 Å². The Bertz CT molecular complexity index is 946. The van der Waals surface area contributed by atoms with Crippen LogP contribution in [0.1, 0.15) is 0 Å². The molecule has 0 fully saturated rings. The summed E-state index contributed by atoms with van der Waals surface area (Å²) < 4.78 is 2.92. The van der Waals surface area contributed by atoms with Crippen molar-refractivity contribution in [1.82, 2.24) is 14.8 Å². The molecule has 9 heteroatoms. The van der Waals surface area contributed by atoms with Crippen LogP contribution >= 0.6 is 57.6 Å². The molecule has 0 atom stereocenters. The number of halogens is 3. The quantitative estimate of drug-likeness (QED) is 0.376. The van der Waals surface area contributed by atoms with Gasteiger partial charge in [0.25, 0.3) is 0 Å². The minimum Gasteiger partial charge on any atom is -0.325 e. The molecular formula is C17H13Cl2IN4OS. The molecule has 3 rings (SSSR count). The van der Waals surface area contributed by atoms with E-state index < -0.39 is 0 Å². The van der Waals surface area contributed by atoms with Gasteiger partial charge in [0.15, 0.2) is 11.0 Å². The topological polar surface area (TPSA) is 59.8 Å². The average molecular weight is 519 g/mol. The molecule has 1 heterocycles. The molecule has 5 nitrogen and oxygen atoms in total. The minimum absolute atomic E-state index is 0.106. The normalized spacial score (nSPS) is 10.8. The van der Waals surface area contributed by atoms with Gasteiger partial charge in [0.05, 0.1) is 10.8 Å². The molecule has 0 unspecified atom stereocenters. The highest BCUT2D eigenvalue weighted by molar-refractivity contribution is 14.1. The highest BCUT2D eigenvalue weighted by Crippen LogP contribution is 2.30. The maximum atomic E-state index is 12.1. The number of carbonyl (C=O) groups is 1. The van der Waals surface area contributed by atoms with Gasteiger partial charge in [-0.15, -0.1) is 10.2 Å². The number of amides is 1. The standard InChI is InChI=1S/C17H13Cl2IN4OS/c1-24-16(13-7-2-10(18)8-14(13)19)22-23-17(24)26-9-15(25)21-12-5-3-11(20)4-6-12/h2-8H,9H2,1H3,(H,21,25). The smallest absolute Gasteiger partial charge is 0.234 e. The first kappa shape index (κ1) is 19.5. The third kappa shape index (κ3) is 4.70. The molecule has 0 spiro atoms. The molecule has 0 saturated carbocycles. The van der Waals surface area contributed by atoms with Crippen molar-refractivity contribution < 1.29 is 4.79 Å². The highest BCUT2D eigenvalue weighted by Gasteiger charge is 2.15. The molecular weight excluding hydrogens is 506 g/mol. The third-order valence-corrected chi connectivity index (χ3v) is 5.75. The fraction of sp³-hybridized carbons (Fsp3) is 0.118. The van der Waals surface area contributed by atoms with Crippen molar-refractivity contribution in [2.45, 2.75) is 5.16 Å². The van der Waals surface area contributed by atoms with Gasteiger partial charge in [0.2, 0.25) is 5.91 Å². The molecule has 0 radical (unpaired) electrons. The molecule has 0 aliphatic rings. The Hall–Kier alpha value is -1.29. The fourth-order valence-corrected chi connectivity index (χ4v) is 3.77. The SMILES string of the molecule is Cn1c(SCC(=O)Nc2ccc(I)cc2)nnc1-c1ccc(Cl)cc1Cl. The van der Waals surface area contributed by atoms with Crippen molar-refractivity contribution in [3.8, 4) is 11.4 Å². The summed E-state index contributed by atoms with van der Waals surface area (Å²) in [6.07, 6.45) is 0. The van der Waals surface area contributed by atoms with Crippen molar-refractivity contribution in [3.05, 3.63) is 56.1 Å². The van der Waals surface area contributed by atoms with E-state index in [4.69, 9.17) is 23.2 Å². The summed E-state index contributed by atoms with van der Waals surface area (Å²) in [7, 11) is 1.83. The van der Waals surface area contributed by atoms with Gasteiger partial charge in [-0.1, -0.05) is 35.0 Å². The minimum atomic E-state index is -0.106. The lowest BCUT2D eigenvalue weighted by atomic mass is 10.2. The second kappa shape index (κ2) is 8.60. The van der Waals surface area contributed by atoms with Crippen molar-refractivity contribution in [3.63, 3.8) is 0 Å². The number of thioether (sulfide) groups is 1. The van der Waals surface area contributed by atoms with Crippen molar-refractivity contribution in [2.75, 3.05) is 11.1 Å². The Kier molecular flexibility index (Phi) is 6.44. The average Bonchev–Trinajstić information content (AvgIpc) is 2.96. The zero-order chi connectivity index (χ0) is 18.7. The maximum Gasteiger partial charge on any atom is 0.234 e. The lowest BCUT2D eigenvalue weighted by Crippen LogP contribution is -2.14. The largest absolute Gasteiger partial charge is 0.325 e. The van der Waals surface area contributed by atoms with E-state index in [0.29, 0.717) is 21.0 Å². The molecule has 0 aliphatic heterocycles. The predicted molar refractivity (Wildman–Crippen MR) is 115 cm³/mol. The number of nitrogens with zero attached hydrogens (tertiary/aromatic N) is 3. The molecule has 1 N–H and O–H groups in total. The summed E-state index contributed by atoms with van der Waals surface area (Å²) >= 11 is 15.7. The first-order chi connectivity index (χ1) is 12.4. The Morgan fingerprint density at radius 2 is 1.92 bits per heavy atom. The van der Waals surface area contributed by atoms with E-state index in [0.717, 1.165) is 14.8 Å². The number of rotatable bonds is 5. The number of aromatic nitrogens is 3. The summed E-state index contributed by atoms with van der Waals surface area (Å²) in [5, 5.41) is 12.9. The van der Waals surface area contributed by atoms with Crippen LogP contribution in [0.2, 0.25) is 10.0 Å². The van der Waals surface area contributed by atoms with Gasteiger partial charge in [-0.05, 0) is 65.1 Å². The van der Waals surface area contributed by atoms with Crippen LogP contribution in [0, 0.1) is 3.57 Å². The van der Waals surface area contributed by atoms with Crippen LogP contribution in [-0.2, 0) is 11.8 Å². The Labute approximate surface area is 178 Å². The van der Waals surface area contributed by atoms with E-state index >= 15 is 0 Å². The molecule has 1 aromatic heterocycles. The molecule has 26 heavy (non-hydrogen) atoms. The number of nitrogens with one attached hydrogen (secondary N) is 1. The summed E-state index contributed by atoms with van der Waals surface area (Å²) in [4.78, 5) is 12.1. The molecule has 0 saturated heterocycles. The van der Waals surface area contributed by atoms with E-state index in [2.05, 4.69) is 38.1 Å². The van der Waals surface area contributed by atoms with Gasteiger partial charge in [0, 0.05) is 26.9 Å². The zero-order valence-electron chi connectivity index (χ0n) is 13.5. The van der Waals surface area contributed by atoms with Crippen LogP contribution in [0.4, 0.5) is 5.69 Å². The number of anilines is 1. The van der Waals surface area contributed by atoms with Crippen LogP contribution < -0.4 is 5.32 Å². The van der Waals surface area contributed by atoms with Crippen molar-refractivity contribution in [1.29, 1.82) is 0 Å². The van der Waals surface area contributed by atoms with Gasteiger partial charge >= 0.3 is 0 Å². The van der Waals surface area contributed by atoms with E-state index in [1.807, 2.05) is 31.3 Å². The summed E-state index contributed by atoms with van der Waals surface area (Å²) in [6.45, 7) is 0. The fourth-order valence-electron chi connectivity index (χ4n) is 2.21. The van der Waals surface area contributed by atoms with Gasteiger partial charge in [-0.2, -0.15) is 0 Å². The predicted octanol–water partition coefficient (Wildman–Crippen LogP) is 5.12. The molecule has 1 amide bonds.